The van der Waals surface area contributed by atoms with Crippen molar-refractivity contribution in [1.82, 2.24) is 19.9 Å². The number of amides is 1. The van der Waals surface area contributed by atoms with E-state index in [4.69, 9.17) is 33.8 Å². The van der Waals surface area contributed by atoms with E-state index in [2.05, 4.69) is 22.1 Å². The quantitative estimate of drug-likeness (QED) is 0.462. The number of methoxy groups -OCH3 is 1. The molecular formula is C24H28F6N4O8. The Bertz CT molecular complexity index is 1170. The smallest absolute Gasteiger partial charge is 0.479 e. The van der Waals surface area contributed by atoms with Gasteiger partial charge in [-0.3, -0.25) is 9.78 Å². The fraction of sp³-hybridized carbons (Fsp3) is 0.542. The minimum Gasteiger partial charge on any atom is -0.479 e. The van der Waals surface area contributed by atoms with Gasteiger partial charge in [0.2, 0.25) is 5.76 Å². The Kier molecular flexibility index (Phi) is 11.7. The number of nitrogens with zero attached hydrogens (tertiary/aromatic N) is 4. The van der Waals surface area contributed by atoms with Crippen LogP contribution >= 0.6 is 0 Å². The first kappa shape index (κ1) is 34.3. The van der Waals surface area contributed by atoms with Gasteiger partial charge in [-0.05, 0) is 30.3 Å². The number of alkyl halides is 6. The van der Waals surface area contributed by atoms with Gasteiger partial charge >= 0.3 is 24.3 Å². The van der Waals surface area contributed by atoms with E-state index in [1.165, 1.54) is 7.11 Å². The fourth-order valence-corrected chi connectivity index (χ4v) is 4.48. The van der Waals surface area contributed by atoms with E-state index in [1.54, 1.807) is 12.3 Å². The van der Waals surface area contributed by atoms with Crippen LogP contribution in [0.1, 0.15) is 22.5 Å². The number of aliphatic carboxylic acids is 2. The molecular weight excluding hydrogens is 586 g/mol. The van der Waals surface area contributed by atoms with Crippen LogP contribution in [0, 0.1) is 11.3 Å². The molecule has 12 nitrogen and oxygen atoms in total. The second-order valence-electron chi connectivity index (χ2n) is 9.45. The maximum absolute atomic E-state index is 12.8. The molecule has 0 unspecified atom stereocenters. The number of carboxylic acid groups (broad SMARTS) is 2. The SMILES string of the molecule is COc1cc(C(=O)N2CC[C@@]3(CN(C)C[C@H]3COCc3cccnc3)C2)on1.O=C(O)C(F)(F)F.O=C(O)C(F)(F)F. The zero-order chi connectivity index (χ0) is 31.7. The van der Waals surface area contributed by atoms with Gasteiger partial charge in [0.15, 0.2) is 0 Å². The van der Waals surface area contributed by atoms with Gasteiger partial charge in [0.25, 0.3) is 11.8 Å². The van der Waals surface area contributed by atoms with Crippen molar-refractivity contribution >= 4 is 17.8 Å². The number of hydrogen-bond donors (Lipinski definition) is 2. The van der Waals surface area contributed by atoms with E-state index in [0.29, 0.717) is 31.6 Å². The van der Waals surface area contributed by atoms with E-state index in [-0.39, 0.29) is 17.1 Å². The maximum atomic E-state index is 12.8. The van der Waals surface area contributed by atoms with Gasteiger partial charge in [-0.25, -0.2) is 9.59 Å². The monoisotopic (exact) mass is 614 g/mol. The predicted octanol–water partition coefficient (Wildman–Crippen LogP) is 2.96. The summed E-state index contributed by atoms with van der Waals surface area (Å²) in [6.45, 7) is 4.61. The molecule has 2 aliphatic rings. The highest BCUT2D eigenvalue weighted by atomic mass is 19.4. The lowest BCUT2D eigenvalue weighted by atomic mass is 9.77. The number of pyridine rings is 1. The normalized spacial score (nSPS) is 20.4. The average molecular weight is 614 g/mol. The third-order valence-electron chi connectivity index (χ3n) is 6.36. The van der Waals surface area contributed by atoms with E-state index < -0.39 is 24.3 Å². The summed E-state index contributed by atoms with van der Waals surface area (Å²) >= 11 is 0. The van der Waals surface area contributed by atoms with E-state index >= 15 is 0 Å². The van der Waals surface area contributed by atoms with Crippen molar-refractivity contribution in [3.63, 3.8) is 0 Å². The number of carbonyl (C=O) groups excluding carboxylic acids is 1. The van der Waals surface area contributed by atoms with Crippen molar-refractivity contribution in [2.75, 3.05) is 46.9 Å². The lowest BCUT2D eigenvalue weighted by Gasteiger charge is -2.30. The molecule has 2 atom stereocenters. The van der Waals surface area contributed by atoms with Crippen molar-refractivity contribution < 1.29 is 64.9 Å². The summed E-state index contributed by atoms with van der Waals surface area (Å²) in [7, 11) is 3.64. The number of rotatable bonds is 6. The third-order valence-corrected chi connectivity index (χ3v) is 6.36. The number of ether oxygens (including phenoxy) is 2. The van der Waals surface area contributed by atoms with Crippen LogP contribution in [-0.2, 0) is 20.9 Å². The average Bonchev–Trinajstić information content (AvgIpc) is 3.63. The molecule has 18 heteroatoms. The zero-order valence-corrected chi connectivity index (χ0v) is 22.3. The number of hydrogen-bond acceptors (Lipinski definition) is 9. The molecule has 0 aliphatic carbocycles. The molecule has 2 saturated heterocycles. The first-order valence-electron chi connectivity index (χ1n) is 12.0. The Morgan fingerprint density at radius 3 is 2.24 bits per heavy atom. The van der Waals surface area contributed by atoms with Crippen molar-refractivity contribution in [3.05, 3.63) is 41.9 Å². The van der Waals surface area contributed by atoms with Gasteiger partial charge in [-0.2, -0.15) is 26.3 Å². The second kappa shape index (κ2) is 14.3. The van der Waals surface area contributed by atoms with Crippen LogP contribution < -0.4 is 4.74 Å². The lowest BCUT2D eigenvalue weighted by Crippen LogP contribution is -2.38. The van der Waals surface area contributed by atoms with E-state index in [1.807, 2.05) is 23.2 Å². The molecule has 2 fully saturated rings. The second-order valence-corrected chi connectivity index (χ2v) is 9.45. The topological polar surface area (TPSA) is 156 Å². The number of likely N-dealkylation sites (tertiary alicyclic amines) is 2. The molecule has 0 radical (unpaired) electrons. The molecule has 4 heterocycles. The summed E-state index contributed by atoms with van der Waals surface area (Å²) in [5.74, 6) is -4.71. The Morgan fingerprint density at radius 2 is 1.74 bits per heavy atom. The van der Waals surface area contributed by atoms with Crippen molar-refractivity contribution in [1.29, 1.82) is 0 Å². The summed E-state index contributed by atoms with van der Waals surface area (Å²) in [5.41, 5.74) is 1.13. The van der Waals surface area contributed by atoms with Gasteiger partial charge in [-0.15, -0.1) is 0 Å². The molecule has 1 spiro atoms. The van der Waals surface area contributed by atoms with Crippen LogP contribution in [0.4, 0.5) is 26.3 Å². The molecule has 42 heavy (non-hydrogen) atoms. The fourth-order valence-electron chi connectivity index (χ4n) is 4.48. The highest BCUT2D eigenvalue weighted by molar-refractivity contribution is 5.91. The van der Waals surface area contributed by atoms with Gasteiger partial charge in [0, 0.05) is 49.9 Å². The maximum Gasteiger partial charge on any atom is 0.490 e. The van der Waals surface area contributed by atoms with Crippen LogP contribution in [-0.4, -0.2) is 107 Å². The third kappa shape index (κ3) is 9.86. The highest BCUT2D eigenvalue weighted by Gasteiger charge is 2.50. The number of carboxylic acids is 2. The molecule has 2 aromatic rings. The number of aromatic nitrogens is 2. The molecule has 2 aliphatic heterocycles. The van der Waals surface area contributed by atoms with Crippen LogP contribution in [0.3, 0.4) is 0 Å². The summed E-state index contributed by atoms with van der Waals surface area (Å²) in [6, 6.07) is 5.48. The minimum atomic E-state index is -5.08. The van der Waals surface area contributed by atoms with Gasteiger partial charge in [0.1, 0.15) is 0 Å². The van der Waals surface area contributed by atoms with Crippen molar-refractivity contribution in [3.8, 4) is 5.88 Å². The molecule has 0 saturated carbocycles. The molecule has 4 rings (SSSR count). The number of halogens is 6. The minimum absolute atomic E-state index is 0.0590. The Labute approximate surface area is 234 Å². The van der Waals surface area contributed by atoms with Gasteiger partial charge in [0.05, 0.1) is 26.4 Å². The van der Waals surface area contributed by atoms with Gasteiger partial charge in [-0.1, -0.05) is 6.07 Å². The Balaban J connectivity index is 0.000000367. The summed E-state index contributed by atoms with van der Waals surface area (Å²) in [4.78, 5) is 38.9. The van der Waals surface area contributed by atoms with Crippen LogP contribution in [0.5, 0.6) is 5.88 Å². The molecule has 1 amide bonds. The Hall–Kier alpha value is -3.93. The first-order chi connectivity index (χ1) is 19.5. The largest absolute Gasteiger partial charge is 0.490 e. The van der Waals surface area contributed by atoms with Crippen LogP contribution in [0.15, 0.2) is 35.1 Å². The van der Waals surface area contributed by atoms with E-state index in [0.717, 1.165) is 31.6 Å². The summed E-state index contributed by atoms with van der Waals surface area (Å²) in [5, 5.41) is 18.0. The molecule has 2 N–H and O–H groups in total. The molecule has 234 valence electrons. The summed E-state index contributed by atoms with van der Waals surface area (Å²) < 4.78 is 79.6. The van der Waals surface area contributed by atoms with Crippen LogP contribution in [0.2, 0.25) is 0 Å². The highest BCUT2D eigenvalue weighted by Crippen LogP contribution is 2.44. The van der Waals surface area contributed by atoms with Crippen molar-refractivity contribution in [2.24, 2.45) is 11.3 Å². The lowest BCUT2D eigenvalue weighted by molar-refractivity contribution is -0.193. The standard InChI is InChI=1S/C20H26N4O4.2C2HF3O2/c1-23-10-16(12-27-11-15-4-3-6-21-9-15)20(13-23)5-7-24(14-20)19(25)17-8-18(26-2)22-28-17;2*3-2(4,5)1(6)7/h3-4,6,8-9,16H,5,7,10-14H2,1-2H3;2*(H,6,7)/t16-,20+;;/m0../s1. The summed E-state index contributed by atoms with van der Waals surface area (Å²) in [6.07, 6.45) is -5.61. The van der Waals surface area contributed by atoms with Crippen LogP contribution in [0.25, 0.3) is 0 Å². The molecule has 2 aromatic heterocycles. The van der Waals surface area contributed by atoms with Gasteiger partial charge < -0.3 is 34.0 Å². The zero-order valence-electron chi connectivity index (χ0n) is 22.3. The predicted molar refractivity (Wildman–Crippen MR) is 128 cm³/mol. The number of carbonyl (C=O) groups is 3. The first-order valence-corrected chi connectivity index (χ1v) is 12.0. The van der Waals surface area contributed by atoms with E-state index in [9.17, 15) is 31.1 Å². The molecule has 0 aromatic carbocycles. The van der Waals surface area contributed by atoms with Crippen molar-refractivity contribution in [2.45, 2.75) is 25.4 Å². The Morgan fingerprint density at radius 1 is 1.12 bits per heavy atom. The molecule has 0 bridgehead atoms.